The molecule has 3 aromatic rings. The van der Waals surface area contributed by atoms with Crippen LogP contribution in [-0.4, -0.2) is 32.6 Å². The third-order valence-electron chi connectivity index (χ3n) is 6.15. The van der Waals surface area contributed by atoms with Crippen molar-refractivity contribution in [2.45, 2.75) is 63.3 Å². The minimum absolute atomic E-state index is 0.0821. The van der Waals surface area contributed by atoms with Crippen LogP contribution in [0.5, 0.6) is 0 Å². The maximum atomic E-state index is 12.6. The van der Waals surface area contributed by atoms with E-state index in [1.807, 2.05) is 30.6 Å². The SMILES string of the molecule is O=C(NC1CC(OCc2ccccc2)C1)c1cnc2c(c1)ncn2C1CCCC1. The van der Waals surface area contributed by atoms with E-state index in [4.69, 9.17) is 4.74 Å². The van der Waals surface area contributed by atoms with Gasteiger partial charge in [0.15, 0.2) is 5.65 Å². The fourth-order valence-corrected chi connectivity index (χ4v) is 4.37. The summed E-state index contributed by atoms with van der Waals surface area (Å²) in [6, 6.07) is 12.7. The molecule has 6 nitrogen and oxygen atoms in total. The average Bonchev–Trinajstić information content (AvgIpc) is 3.39. The molecule has 2 aliphatic rings. The van der Waals surface area contributed by atoms with E-state index in [9.17, 15) is 4.79 Å². The van der Waals surface area contributed by atoms with Gasteiger partial charge >= 0.3 is 0 Å². The van der Waals surface area contributed by atoms with Gasteiger partial charge in [-0.1, -0.05) is 43.2 Å². The molecule has 0 saturated heterocycles. The molecule has 0 bridgehead atoms. The van der Waals surface area contributed by atoms with Crippen molar-refractivity contribution >= 4 is 17.1 Å². The molecule has 150 valence electrons. The van der Waals surface area contributed by atoms with Crippen LogP contribution >= 0.6 is 0 Å². The van der Waals surface area contributed by atoms with Gasteiger partial charge in [-0.25, -0.2) is 9.97 Å². The van der Waals surface area contributed by atoms with Crippen molar-refractivity contribution in [2.75, 3.05) is 0 Å². The molecule has 0 atom stereocenters. The van der Waals surface area contributed by atoms with E-state index < -0.39 is 0 Å². The second-order valence-corrected chi connectivity index (χ2v) is 8.22. The molecular weight excluding hydrogens is 364 g/mol. The first kappa shape index (κ1) is 18.3. The number of hydrogen-bond donors (Lipinski definition) is 1. The van der Waals surface area contributed by atoms with Gasteiger partial charge in [-0.2, -0.15) is 0 Å². The minimum atomic E-state index is -0.0821. The average molecular weight is 390 g/mol. The number of ether oxygens (including phenoxy) is 1. The third-order valence-corrected chi connectivity index (χ3v) is 6.15. The van der Waals surface area contributed by atoms with Crippen LogP contribution in [0.1, 0.15) is 60.5 Å². The summed E-state index contributed by atoms with van der Waals surface area (Å²) in [6.07, 6.45) is 10.4. The van der Waals surface area contributed by atoms with Gasteiger partial charge in [0, 0.05) is 18.3 Å². The van der Waals surface area contributed by atoms with Crippen LogP contribution in [-0.2, 0) is 11.3 Å². The molecular formula is C23H26N4O2. The van der Waals surface area contributed by atoms with Gasteiger partial charge < -0.3 is 14.6 Å². The Kier molecular flexibility index (Phi) is 5.02. The maximum absolute atomic E-state index is 12.6. The van der Waals surface area contributed by atoms with Crippen molar-refractivity contribution in [3.8, 4) is 0 Å². The Bertz CT molecular complexity index is 989. The molecule has 2 fully saturated rings. The van der Waals surface area contributed by atoms with Crippen molar-refractivity contribution in [3.05, 3.63) is 60.0 Å². The van der Waals surface area contributed by atoms with Gasteiger partial charge in [-0.3, -0.25) is 4.79 Å². The lowest BCUT2D eigenvalue weighted by Crippen LogP contribution is -2.47. The standard InChI is InChI=1S/C23H26N4O2/c28-23(26-18-11-20(12-18)29-14-16-6-2-1-3-7-16)17-10-21-22(24-13-17)27(15-25-21)19-8-4-5-9-19/h1-3,6-7,10,13,15,18-20H,4-5,8-9,11-12,14H2,(H,26,28). The number of carbonyl (C=O) groups is 1. The largest absolute Gasteiger partial charge is 0.373 e. The summed E-state index contributed by atoms with van der Waals surface area (Å²) in [5.74, 6) is -0.0821. The van der Waals surface area contributed by atoms with Crippen molar-refractivity contribution < 1.29 is 9.53 Å². The zero-order valence-corrected chi connectivity index (χ0v) is 16.5. The topological polar surface area (TPSA) is 69.0 Å². The summed E-state index contributed by atoms with van der Waals surface area (Å²) in [7, 11) is 0. The number of imidazole rings is 1. The monoisotopic (exact) mass is 390 g/mol. The van der Waals surface area contributed by atoms with Crippen LogP contribution in [0.15, 0.2) is 48.9 Å². The fraction of sp³-hybridized carbons (Fsp3) is 0.435. The third kappa shape index (κ3) is 3.90. The number of carbonyl (C=O) groups excluding carboxylic acids is 1. The molecule has 29 heavy (non-hydrogen) atoms. The molecule has 2 saturated carbocycles. The fourth-order valence-electron chi connectivity index (χ4n) is 4.37. The molecule has 2 heterocycles. The molecule has 0 spiro atoms. The Labute approximate surface area is 170 Å². The number of amides is 1. The number of benzene rings is 1. The number of rotatable bonds is 6. The van der Waals surface area contributed by atoms with Gasteiger partial charge in [0.25, 0.3) is 5.91 Å². The molecule has 0 aliphatic heterocycles. The smallest absolute Gasteiger partial charge is 0.253 e. The van der Waals surface area contributed by atoms with Crippen molar-refractivity contribution in [2.24, 2.45) is 0 Å². The number of pyridine rings is 1. The lowest BCUT2D eigenvalue weighted by Gasteiger charge is -2.35. The van der Waals surface area contributed by atoms with E-state index in [1.54, 1.807) is 6.20 Å². The summed E-state index contributed by atoms with van der Waals surface area (Å²) >= 11 is 0. The number of nitrogens with zero attached hydrogens (tertiary/aromatic N) is 3. The van der Waals surface area contributed by atoms with Gasteiger partial charge in [0.1, 0.15) is 5.52 Å². The van der Waals surface area contributed by atoms with E-state index in [-0.39, 0.29) is 18.1 Å². The molecule has 0 radical (unpaired) electrons. The normalized spacial score (nSPS) is 21.9. The Balaban J connectivity index is 1.15. The highest BCUT2D eigenvalue weighted by Gasteiger charge is 2.31. The van der Waals surface area contributed by atoms with Gasteiger partial charge in [-0.05, 0) is 37.3 Å². The molecule has 2 aromatic heterocycles. The Morgan fingerprint density at radius 1 is 1.14 bits per heavy atom. The first-order valence-corrected chi connectivity index (χ1v) is 10.6. The highest BCUT2D eigenvalue weighted by atomic mass is 16.5. The van der Waals surface area contributed by atoms with Gasteiger partial charge in [0.05, 0.1) is 24.6 Å². The lowest BCUT2D eigenvalue weighted by atomic mass is 9.89. The maximum Gasteiger partial charge on any atom is 0.253 e. The van der Waals surface area contributed by atoms with E-state index in [0.717, 1.165) is 24.0 Å². The summed E-state index contributed by atoms with van der Waals surface area (Å²) in [5, 5.41) is 3.09. The van der Waals surface area contributed by atoms with Crippen molar-refractivity contribution in [1.29, 1.82) is 0 Å². The molecule has 6 heteroatoms. The lowest BCUT2D eigenvalue weighted by molar-refractivity contribution is -0.0251. The molecule has 1 N–H and O–H groups in total. The van der Waals surface area contributed by atoms with E-state index in [2.05, 4.69) is 32.0 Å². The molecule has 5 rings (SSSR count). The summed E-state index contributed by atoms with van der Waals surface area (Å²) in [5.41, 5.74) is 3.42. The van der Waals surface area contributed by atoms with E-state index in [0.29, 0.717) is 18.2 Å². The van der Waals surface area contributed by atoms with E-state index in [1.165, 1.54) is 31.2 Å². The van der Waals surface area contributed by atoms with Gasteiger partial charge in [0.2, 0.25) is 0 Å². The predicted octanol–water partition coefficient (Wildman–Crippen LogP) is 4.02. The molecule has 0 unspecified atom stereocenters. The number of aromatic nitrogens is 3. The minimum Gasteiger partial charge on any atom is -0.373 e. The van der Waals surface area contributed by atoms with Crippen LogP contribution in [0.3, 0.4) is 0 Å². The first-order chi connectivity index (χ1) is 14.3. The Hall–Kier alpha value is -2.73. The second-order valence-electron chi connectivity index (χ2n) is 8.22. The zero-order chi connectivity index (χ0) is 19.6. The first-order valence-electron chi connectivity index (χ1n) is 10.6. The van der Waals surface area contributed by atoms with E-state index >= 15 is 0 Å². The highest BCUT2D eigenvalue weighted by Crippen LogP contribution is 2.31. The highest BCUT2D eigenvalue weighted by molar-refractivity contribution is 5.96. The number of nitrogens with one attached hydrogen (secondary N) is 1. The number of fused-ring (bicyclic) bond motifs is 1. The molecule has 1 aromatic carbocycles. The molecule has 1 amide bonds. The number of hydrogen-bond acceptors (Lipinski definition) is 4. The molecule has 2 aliphatic carbocycles. The summed E-state index contributed by atoms with van der Waals surface area (Å²) in [6.45, 7) is 0.621. The Morgan fingerprint density at radius 2 is 1.93 bits per heavy atom. The summed E-state index contributed by atoms with van der Waals surface area (Å²) < 4.78 is 8.09. The van der Waals surface area contributed by atoms with Crippen LogP contribution in [0.2, 0.25) is 0 Å². The second kappa shape index (κ2) is 7.95. The van der Waals surface area contributed by atoms with Crippen LogP contribution in [0.4, 0.5) is 0 Å². The predicted molar refractivity (Wildman–Crippen MR) is 111 cm³/mol. The van der Waals surface area contributed by atoms with Crippen molar-refractivity contribution in [1.82, 2.24) is 19.9 Å². The van der Waals surface area contributed by atoms with Crippen molar-refractivity contribution in [3.63, 3.8) is 0 Å². The Morgan fingerprint density at radius 3 is 2.72 bits per heavy atom. The van der Waals surface area contributed by atoms with Gasteiger partial charge in [-0.15, -0.1) is 0 Å². The summed E-state index contributed by atoms with van der Waals surface area (Å²) in [4.78, 5) is 21.7. The zero-order valence-electron chi connectivity index (χ0n) is 16.5. The van der Waals surface area contributed by atoms with Crippen LogP contribution in [0.25, 0.3) is 11.2 Å². The quantitative estimate of drug-likeness (QED) is 0.690. The van der Waals surface area contributed by atoms with Crippen LogP contribution in [0, 0.1) is 0 Å². The van der Waals surface area contributed by atoms with Crippen LogP contribution < -0.4 is 5.32 Å².